The summed E-state index contributed by atoms with van der Waals surface area (Å²) in [5.74, 6) is 0.764. The average Bonchev–Trinajstić information content (AvgIpc) is 2.79. The number of hydrogen-bond donors (Lipinski definition) is 2. The Morgan fingerprint density at radius 2 is 2.22 bits per heavy atom. The van der Waals surface area contributed by atoms with E-state index in [-0.39, 0.29) is 12.0 Å². The first kappa shape index (κ1) is 22.5. The summed E-state index contributed by atoms with van der Waals surface area (Å²) < 4.78 is 32.0. The third-order valence-electron chi connectivity index (χ3n) is 5.54. The predicted molar refractivity (Wildman–Crippen MR) is 119 cm³/mol. The molecule has 0 saturated carbocycles. The molecule has 10 heteroatoms. The van der Waals surface area contributed by atoms with Crippen molar-refractivity contribution in [2.24, 2.45) is 10.9 Å². The monoisotopic (exact) mass is 461 g/mol. The number of aliphatic imine (C=N–C) groups is 1. The minimum atomic E-state index is -1.18. The van der Waals surface area contributed by atoms with E-state index in [2.05, 4.69) is 15.3 Å². The highest BCUT2D eigenvalue weighted by atomic mass is 32.2. The predicted octanol–water partition coefficient (Wildman–Crippen LogP) is 3.73. The molecule has 1 amide bonds. The molecule has 2 aliphatic heterocycles. The molecule has 2 aromatic rings. The molecule has 3 heterocycles. The first-order valence-corrected chi connectivity index (χ1v) is 11.1. The van der Waals surface area contributed by atoms with E-state index in [4.69, 9.17) is 19.3 Å². The number of methoxy groups -OCH3 is 2. The summed E-state index contributed by atoms with van der Waals surface area (Å²) >= 11 is 1.35. The van der Waals surface area contributed by atoms with Crippen LogP contribution in [0.1, 0.15) is 18.1 Å². The van der Waals surface area contributed by atoms with Gasteiger partial charge < -0.3 is 19.3 Å². The Morgan fingerprint density at radius 1 is 1.38 bits per heavy atom. The van der Waals surface area contributed by atoms with Crippen molar-refractivity contribution in [3.63, 3.8) is 0 Å². The van der Waals surface area contributed by atoms with Gasteiger partial charge in [-0.05, 0) is 42.2 Å². The number of thioether (sulfide) groups is 1. The molecule has 1 saturated heterocycles. The van der Waals surface area contributed by atoms with Gasteiger partial charge in [0.1, 0.15) is 11.9 Å². The van der Waals surface area contributed by atoms with Crippen molar-refractivity contribution >= 4 is 23.0 Å². The Bertz CT molecular complexity index is 1020. The third-order valence-corrected chi connectivity index (χ3v) is 6.62. The zero-order valence-corrected chi connectivity index (χ0v) is 18.5. The summed E-state index contributed by atoms with van der Waals surface area (Å²) in [4.78, 5) is 19.9. The lowest BCUT2D eigenvalue weighted by Gasteiger charge is -2.42. The van der Waals surface area contributed by atoms with Crippen molar-refractivity contribution < 1.29 is 28.5 Å². The van der Waals surface area contributed by atoms with Crippen LogP contribution in [0.25, 0.3) is 11.1 Å². The number of halogens is 1. The van der Waals surface area contributed by atoms with Crippen LogP contribution in [0.5, 0.6) is 5.88 Å². The first-order valence-electron chi connectivity index (χ1n) is 10.1. The van der Waals surface area contributed by atoms with E-state index in [1.54, 1.807) is 31.5 Å². The molecule has 0 spiro atoms. The second kappa shape index (κ2) is 9.85. The molecule has 32 heavy (non-hydrogen) atoms. The summed E-state index contributed by atoms with van der Waals surface area (Å²) in [7, 11) is 3.13. The number of amidine groups is 1. The van der Waals surface area contributed by atoms with Crippen molar-refractivity contribution in [1.82, 2.24) is 10.3 Å². The maximum absolute atomic E-state index is 15.1. The fourth-order valence-electron chi connectivity index (χ4n) is 4.18. The number of benzene rings is 1. The number of hydrogen-bond acceptors (Lipinski definition) is 7. The van der Waals surface area contributed by atoms with Crippen LogP contribution in [0.15, 0.2) is 41.5 Å². The van der Waals surface area contributed by atoms with Crippen LogP contribution in [-0.4, -0.2) is 60.1 Å². The Kier molecular flexibility index (Phi) is 6.92. The lowest BCUT2D eigenvalue weighted by Crippen LogP contribution is -2.46. The molecule has 1 fully saturated rings. The molecule has 1 unspecified atom stereocenters. The van der Waals surface area contributed by atoms with E-state index in [9.17, 15) is 4.79 Å². The summed E-state index contributed by atoms with van der Waals surface area (Å²) in [6, 6.07) is 8.01. The van der Waals surface area contributed by atoms with Crippen LogP contribution in [0.4, 0.5) is 9.18 Å². The Morgan fingerprint density at radius 3 is 2.97 bits per heavy atom. The molecule has 1 aromatic carbocycles. The van der Waals surface area contributed by atoms with Crippen molar-refractivity contribution in [3.05, 3.63) is 47.9 Å². The molecular formula is C22H24FN3O5S. The molecule has 4 rings (SSSR count). The highest BCUT2D eigenvalue weighted by Gasteiger charge is 2.43. The van der Waals surface area contributed by atoms with Crippen LogP contribution in [0.3, 0.4) is 0 Å². The Labute approximate surface area is 189 Å². The molecule has 0 bridgehead atoms. The van der Waals surface area contributed by atoms with Gasteiger partial charge in [0.15, 0.2) is 5.17 Å². The van der Waals surface area contributed by atoms with Crippen molar-refractivity contribution in [1.29, 1.82) is 0 Å². The number of nitrogens with one attached hydrogen (secondary N) is 1. The van der Waals surface area contributed by atoms with E-state index < -0.39 is 24.1 Å². The molecule has 0 aliphatic carbocycles. The van der Waals surface area contributed by atoms with Gasteiger partial charge in [0.2, 0.25) is 5.88 Å². The largest absolute Gasteiger partial charge is 0.481 e. The summed E-state index contributed by atoms with van der Waals surface area (Å²) in [5.41, 5.74) is 1.82. The van der Waals surface area contributed by atoms with Gasteiger partial charge in [0.25, 0.3) is 0 Å². The number of ether oxygens (including phenoxy) is 3. The van der Waals surface area contributed by atoms with Crippen LogP contribution < -0.4 is 10.1 Å². The number of nitrogens with zero attached hydrogens (tertiary/aromatic N) is 2. The van der Waals surface area contributed by atoms with E-state index in [0.29, 0.717) is 35.4 Å². The van der Waals surface area contributed by atoms with Gasteiger partial charge in [-0.15, -0.1) is 0 Å². The molecule has 4 atom stereocenters. The van der Waals surface area contributed by atoms with Crippen molar-refractivity contribution in [3.8, 4) is 17.0 Å². The topological polar surface area (TPSA) is 102 Å². The van der Waals surface area contributed by atoms with Crippen LogP contribution in [-0.2, 0) is 9.47 Å². The highest BCUT2D eigenvalue weighted by molar-refractivity contribution is 8.13. The number of rotatable bonds is 5. The fourth-order valence-corrected chi connectivity index (χ4v) is 5.24. The number of amides is 1. The maximum Gasteiger partial charge on any atom is 0.410 e. The molecule has 8 nitrogen and oxygen atoms in total. The smallest absolute Gasteiger partial charge is 0.410 e. The van der Waals surface area contributed by atoms with E-state index in [1.165, 1.54) is 24.9 Å². The van der Waals surface area contributed by atoms with Crippen molar-refractivity contribution in [2.75, 3.05) is 26.6 Å². The zero-order valence-electron chi connectivity index (χ0n) is 17.7. The normalized spacial score (nSPS) is 24.9. The van der Waals surface area contributed by atoms with Gasteiger partial charge in [-0.25, -0.2) is 14.2 Å². The molecule has 2 aliphatic rings. The standard InChI is InChI=1S/C22H24FN3O5S/c1-29-10-14-8-13-11-32-21(26-22(27)28)25-18(13)19(31-14)16-9-12(5-6-17(16)23)15-4-3-7-24-20(15)30-2/h3-7,9,13-14,18-19H,8,10-11H2,1-2H3,(H,25,26)(H,27,28)/t13-,14+,18-,19?/m0/s1. The second-order valence-electron chi connectivity index (χ2n) is 7.59. The Hall–Kier alpha value is -2.69. The minimum absolute atomic E-state index is 0.0919. The minimum Gasteiger partial charge on any atom is -0.481 e. The number of carboxylic acid groups (broad SMARTS) is 1. The summed E-state index contributed by atoms with van der Waals surface area (Å²) in [6.07, 6.45) is 0.235. The van der Waals surface area contributed by atoms with Crippen molar-refractivity contribution in [2.45, 2.75) is 24.7 Å². The fraction of sp³-hybridized carbons (Fsp3) is 0.409. The summed E-state index contributed by atoms with van der Waals surface area (Å²) in [5, 5.41) is 11.7. The van der Waals surface area contributed by atoms with Gasteiger partial charge in [-0.3, -0.25) is 10.3 Å². The third kappa shape index (κ3) is 4.72. The molecule has 1 aromatic heterocycles. The van der Waals surface area contributed by atoms with E-state index >= 15 is 4.39 Å². The number of fused-ring (bicyclic) bond motifs is 1. The molecular weight excluding hydrogens is 437 g/mol. The molecule has 0 radical (unpaired) electrons. The number of carbonyl (C=O) groups is 1. The van der Waals surface area contributed by atoms with Crippen LogP contribution >= 0.6 is 11.8 Å². The van der Waals surface area contributed by atoms with E-state index in [0.717, 1.165) is 11.1 Å². The zero-order chi connectivity index (χ0) is 22.7. The molecule has 170 valence electrons. The van der Waals surface area contributed by atoms with Gasteiger partial charge in [0, 0.05) is 30.2 Å². The number of pyridine rings is 1. The first-order chi connectivity index (χ1) is 15.5. The summed E-state index contributed by atoms with van der Waals surface area (Å²) in [6.45, 7) is 0.381. The second-order valence-corrected chi connectivity index (χ2v) is 8.60. The van der Waals surface area contributed by atoms with Crippen LogP contribution in [0.2, 0.25) is 0 Å². The van der Waals surface area contributed by atoms with Gasteiger partial charge in [-0.1, -0.05) is 17.8 Å². The average molecular weight is 462 g/mol. The SMILES string of the molecule is COC[C@H]1C[C@H]2CSC(NC(=O)O)=N[C@@H]2C(c2cc(-c3cccnc3OC)ccc2F)O1. The van der Waals surface area contributed by atoms with Gasteiger partial charge >= 0.3 is 6.09 Å². The number of aromatic nitrogens is 1. The van der Waals surface area contributed by atoms with Crippen LogP contribution in [0, 0.1) is 11.7 Å². The highest BCUT2D eigenvalue weighted by Crippen LogP contribution is 2.43. The lowest BCUT2D eigenvalue weighted by molar-refractivity contribution is -0.107. The van der Waals surface area contributed by atoms with Gasteiger partial charge in [-0.2, -0.15) is 0 Å². The maximum atomic E-state index is 15.1. The van der Waals surface area contributed by atoms with Gasteiger partial charge in [0.05, 0.1) is 25.9 Å². The quantitative estimate of drug-likeness (QED) is 0.700. The van der Waals surface area contributed by atoms with E-state index in [1.807, 2.05) is 6.07 Å². The Balaban J connectivity index is 1.75. The molecule has 2 N–H and O–H groups in total. The lowest BCUT2D eigenvalue weighted by atomic mass is 9.84.